The van der Waals surface area contributed by atoms with Gasteiger partial charge in [-0.25, -0.2) is 0 Å². The number of pyridine rings is 1. The minimum absolute atomic E-state index is 0.00815. The molecule has 0 spiro atoms. The van der Waals surface area contributed by atoms with E-state index in [1.807, 2.05) is 61.1 Å². The molecule has 0 amide bonds. The summed E-state index contributed by atoms with van der Waals surface area (Å²) < 4.78 is 1.91. The summed E-state index contributed by atoms with van der Waals surface area (Å²) in [5.74, 6) is 0. The predicted octanol–water partition coefficient (Wildman–Crippen LogP) is 6.59. The summed E-state index contributed by atoms with van der Waals surface area (Å²) in [5, 5.41) is 9.22. The maximum Gasteiger partial charge on any atom is 0.259 e. The van der Waals surface area contributed by atoms with Crippen LogP contribution < -0.4 is 10.5 Å². The number of hydrogen-bond acceptors (Lipinski definition) is 3. The van der Waals surface area contributed by atoms with E-state index in [-0.39, 0.29) is 5.56 Å². The predicted molar refractivity (Wildman–Crippen MR) is 141 cm³/mol. The first-order chi connectivity index (χ1) is 16.5. The van der Waals surface area contributed by atoms with Crippen LogP contribution in [-0.4, -0.2) is 18.7 Å². The smallest absolute Gasteiger partial charge is 0.259 e. The molecular weight excluding hydrogens is 418 g/mol. The third-order valence-electron chi connectivity index (χ3n) is 6.10. The molecule has 0 fully saturated rings. The molecule has 170 valence electrons. The molecule has 0 saturated heterocycles. The summed E-state index contributed by atoms with van der Waals surface area (Å²) in [7, 11) is 4.04. The quantitative estimate of drug-likeness (QED) is 0.321. The monoisotopic (exact) mass is 447 g/mol. The van der Waals surface area contributed by atoms with E-state index < -0.39 is 0 Å². The minimum atomic E-state index is -0.00815. The van der Waals surface area contributed by atoms with Gasteiger partial charge in [0, 0.05) is 26.3 Å². The highest BCUT2D eigenvalue weighted by Crippen LogP contribution is 2.34. The first-order valence-electron chi connectivity index (χ1n) is 11.6. The van der Waals surface area contributed by atoms with Crippen molar-refractivity contribution in [1.82, 2.24) is 4.57 Å². The summed E-state index contributed by atoms with van der Waals surface area (Å²) in [4.78, 5) is 16.1. The third-order valence-corrected chi connectivity index (χ3v) is 6.10. The molecule has 0 radical (unpaired) electrons. The summed E-state index contributed by atoms with van der Waals surface area (Å²) >= 11 is 0. The Morgan fingerprint density at radius 1 is 0.853 bits per heavy atom. The van der Waals surface area contributed by atoms with Crippen LogP contribution in [0.25, 0.3) is 33.5 Å². The van der Waals surface area contributed by atoms with Gasteiger partial charge in [0.1, 0.15) is 0 Å². The van der Waals surface area contributed by atoms with Crippen LogP contribution in [0.4, 0.5) is 5.69 Å². The van der Waals surface area contributed by atoms with Crippen LogP contribution in [0.15, 0.2) is 89.7 Å². The van der Waals surface area contributed by atoms with Crippen LogP contribution in [0.3, 0.4) is 0 Å². The van der Waals surface area contributed by atoms with Crippen molar-refractivity contribution in [3.8, 4) is 39.6 Å². The van der Waals surface area contributed by atoms with Gasteiger partial charge in [0.2, 0.25) is 0 Å². The molecule has 3 aromatic carbocycles. The van der Waals surface area contributed by atoms with E-state index in [0.717, 1.165) is 46.5 Å². The van der Waals surface area contributed by atoms with E-state index in [2.05, 4.69) is 48.2 Å². The Labute approximate surface area is 201 Å². The van der Waals surface area contributed by atoms with Crippen molar-refractivity contribution in [2.75, 3.05) is 19.0 Å². The van der Waals surface area contributed by atoms with Crippen molar-refractivity contribution < 1.29 is 0 Å². The third kappa shape index (κ3) is 4.65. The zero-order valence-electron chi connectivity index (χ0n) is 20.0. The summed E-state index contributed by atoms with van der Waals surface area (Å²) in [6.07, 6.45) is 1.91. The van der Waals surface area contributed by atoms with Crippen molar-refractivity contribution in [1.29, 1.82) is 5.26 Å². The van der Waals surface area contributed by atoms with Crippen molar-refractivity contribution in [2.24, 2.45) is 0 Å². The maximum atomic E-state index is 14.1. The van der Waals surface area contributed by atoms with E-state index in [4.69, 9.17) is 0 Å². The van der Waals surface area contributed by atoms with Gasteiger partial charge < -0.3 is 9.47 Å². The molecule has 1 heterocycles. The van der Waals surface area contributed by atoms with Gasteiger partial charge in [0.25, 0.3) is 5.56 Å². The second-order valence-electron chi connectivity index (χ2n) is 8.63. The number of unbranched alkanes of at least 4 members (excludes halogenated alkanes) is 1. The fourth-order valence-electron chi connectivity index (χ4n) is 4.19. The highest BCUT2D eigenvalue weighted by Gasteiger charge is 2.19. The zero-order chi connectivity index (χ0) is 24.1. The maximum absolute atomic E-state index is 14.1. The van der Waals surface area contributed by atoms with Gasteiger partial charge in [-0.3, -0.25) is 4.79 Å². The lowest BCUT2D eigenvalue weighted by Gasteiger charge is -2.20. The number of benzene rings is 3. The van der Waals surface area contributed by atoms with Crippen LogP contribution in [-0.2, 0) is 6.54 Å². The van der Waals surface area contributed by atoms with Crippen LogP contribution in [0.2, 0.25) is 0 Å². The first kappa shape index (κ1) is 23.1. The van der Waals surface area contributed by atoms with Gasteiger partial charge in [0.05, 0.1) is 22.9 Å². The van der Waals surface area contributed by atoms with Crippen LogP contribution in [0.5, 0.6) is 0 Å². The molecule has 0 bridgehead atoms. The average molecular weight is 448 g/mol. The molecule has 0 aliphatic carbocycles. The molecule has 0 aliphatic rings. The Morgan fingerprint density at radius 3 is 2.09 bits per heavy atom. The largest absolute Gasteiger partial charge is 0.378 e. The van der Waals surface area contributed by atoms with E-state index in [1.165, 1.54) is 0 Å². The molecule has 0 saturated carbocycles. The summed E-state index contributed by atoms with van der Waals surface area (Å²) in [6, 6.07) is 30.0. The number of anilines is 1. The number of rotatable bonds is 7. The Balaban J connectivity index is 2.01. The van der Waals surface area contributed by atoms with Crippen molar-refractivity contribution >= 4 is 5.69 Å². The van der Waals surface area contributed by atoms with E-state index in [1.54, 1.807) is 12.1 Å². The second kappa shape index (κ2) is 10.2. The molecule has 0 N–H and O–H groups in total. The zero-order valence-corrected chi connectivity index (χ0v) is 20.0. The van der Waals surface area contributed by atoms with Gasteiger partial charge in [-0.1, -0.05) is 67.9 Å². The molecule has 34 heavy (non-hydrogen) atoms. The highest BCUT2D eigenvalue weighted by molar-refractivity contribution is 5.86. The Morgan fingerprint density at radius 2 is 1.50 bits per heavy atom. The highest BCUT2D eigenvalue weighted by atomic mass is 16.1. The summed E-state index contributed by atoms with van der Waals surface area (Å²) in [5.41, 5.74) is 7.00. The van der Waals surface area contributed by atoms with Crippen LogP contribution in [0, 0.1) is 11.3 Å². The van der Waals surface area contributed by atoms with Gasteiger partial charge in [-0.05, 0) is 59.0 Å². The fraction of sp³-hybridized carbons (Fsp3) is 0.200. The van der Waals surface area contributed by atoms with E-state index in [0.29, 0.717) is 17.7 Å². The molecule has 4 heteroatoms. The number of hydrogen-bond donors (Lipinski definition) is 0. The van der Waals surface area contributed by atoms with Gasteiger partial charge in [0.15, 0.2) is 0 Å². The van der Waals surface area contributed by atoms with Crippen molar-refractivity contribution in [2.45, 2.75) is 26.3 Å². The average Bonchev–Trinajstić information content (AvgIpc) is 2.88. The Hall–Kier alpha value is -4.10. The van der Waals surface area contributed by atoms with Crippen LogP contribution in [0.1, 0.15) is 25.3 Å². The number of nitriles is 1. The van der Waals surface area contributed by atoms with Gasteiger partial charge in [-0.15, -0.1) is 0 Å². The standard InChI is InChI=1S/C30H29N3O/c1-4-5-19-33-28(24-15-17-26(18-16-24)32(2)3)20-27(23-9-7-6-8-10-23)29(30(33)34)25-13-11-22(21-31)12-14-25/h6-18,20H,4-5,19H2,1-3H3. The van der Waals surface area contributed by atoms with Crippen molar-refractivity contribution in [3.05, 3.63) is 101 Å². The van der Waals surface area contributed by atoms with Gasteiger partial charge in [-0.2, -0.15) is 5.26 Å². The molecule has 4 nitrogen and oxygen atoms in total. The van der Waals surface area contributed by atoms with Crippen molar-refractivity contribution in [3.63, 3.8) is 0 Å². The Bertz CT molecular complexity index is 1360. The van der Waals surface area contributed by atoms with E-state index >= 15 is 0 Å². The molecule has 0 unspecified atom stereocenters. The lowest BCUT2D eigenvalue weighted by atomic mass is 9.93. The van der Waals surface area contributed by atoms with Crippen LogP contribution >= 0.6 is 0 Å². The topological polar surface area (TPSA) is 49.0 Å². The molecular formula is C30H29N3O. The second-order valence-corrected chi connectivity index (χ2v) is 8.63. The minimum Gasteiger partial charge on any atom is -0.378 e. The first-order valence-corrected chi connectivity index (χ1v) is 11.6. The normalized spacial score (nSPS) is 10.6. The fourth-order valence-corrected chi connectivity index (χ4v) is 4.19. The lowest BCUT2D eigenvalue weighted by Crippen LogP contribution is -2.24. The summed E-state index contributed by atoms with van der Waals surface area (Å²) in [6.45, 7) is 2.79. The molecule has 4 aromatic rings. The van der Waals surface area contributed by atoms with Gasteiger partial charge >= 0.3 is 0 Å². The SMILES string of the molecule is CCCCn1c(-c2ccc(N(C)C)cc2)cc(-c2ccccc2)c(-c2ccc(C#N)cc2)c1=O. The number of aromatic nitrogens is 1. The van der Waals surface area contributed by atoms with E-state index in [9.17, 15) is 10.1 Å². The Kier molecular flexibility index (Phi) is 6.94. The lowest BCUT2D eigenvalue weighted by molar-refractivity contribution is 0.620. The number of nitrogens with zero attached hydrogens (tertiary/aromatic N) is 3. The molecule has 1 aromatic heterocycles. The molecule has 4 rings (SSSR count). The molecule has 0 aliphatic heterocycles. The molecule has 0 atom stereocenters.